The topological polar surface area (TPSA) is 80.8 Å². The Kier molecular flexibility index (Phi) is 7.55. The van der Waals surface area contributed by atoms with Gasteiger partial charge in [-0.25, -0.2) is 4.98 Å². The number of hydrogen-bond acceptors (Lipinski definition) is 6. The van der Waals surface area contributed by atoms with Crippen LogP contribution in [-0.2, 0) is 16.0 Å². The maximum absolute atomic E-state index is 12.9. The molecule has 0 saturated carbocycles. The molecule has 1 aromatic heterocycles. The number of ketones is 1. The molecule has 1 saturated heterocycles. The zero-order valence-electron chi connectivity index (χ0n) is 22.3. The molecule has 1 amide bonds. The van der Waals surface area contributed by atoms with Gasteiger partial charge in [0, 0.05) is 49.2 Å². The van der Waals surface area contributed by atoms with Crippen molar-refractivity contribution in [1.29, 1.82) is 0 Å². The summed E-state index contributed by atoms with van der Waals surface area (Å²) in [6, 6.07) is 27.8. The third-order valence-corrected chi connectivity index (χ3v) is 7.33. The summed E-state index contributed by atoms with van der Waals surface area (Å²) in [5.41, 5.74) is 6.53. The van der Waals surface area contributed by atoms with Crippen LogP contribution in [0.3, 0.4) is 0 Å². The van der Waals surface area contributed by atoms with Crippen molar-refractivity contribution in [1.82, 2.24) is 4.98 Å². The van der Waals surface area contributed by atoms with Crippen LogP contribution in [0.2, 0.25) is 0 Å². The van der Waals surface area contributed by atoms with Crippen LogP contribution in [-0.4, -0.2) is 49.6 Å². The van der Waals surface area contributed by atoms with Crippen LogP contribution in [0.15, 0.2) is 84.9 Å². The summed E-state index contributed by atoms with van der Waals surface area (Å²) < 4.78 is 11.0. The molecule has 1 N–H and O–H groups in total. The highest BCUT2D eigenvalue weighted by Gasteiger charge is 2.17. The summed E-state index contributed by atoms with van der Waals surface area (Å²) in [5.74, 6) is 0.993. The average molecular weight is 534 g/mol. The first-order chi connectivity index (χ1) is 19.6. The second-order valence-electron chi connectivity index (χ2n) is 10.0. The number of morpholine rings is 1. The lowest BCUT2D eigenvalue weighted by Gasteiger charge is -2.29. The molecule has 1 fully saturated rings. The molecule has 0 bridgehead atoms. The second-order valence-corrected chi connectivity index (χ2v) is 10.0. The van der Waals surface area contributed by atoms with E-state index in [9.17, 15) is 9.59 Å². The number of fused-ring (bicyclic) bond motifs is 1. The van der Waals surface area contributed by atoms with E-state index in [4.69, 9.17) is 14.5 Å². The molecule has 0 unspecified atom stereocenters. The molecule has 40 heavy (non-hydrogen) atoms. The van der Waals surface area contributed by atoms with Gasteiger partial charge in [0.25, 0.3) is 0 Å². The molecule has 202 valence electrons. The molecule has 3 heterocycles. The van der Waals surface area contributed by atoms with Gasteiger partial charge in [-0.15, -0.1) is 0 Å². The third kappa shape index (κ3) is 5.90. The molecular weight excluding hydrogens is 502 g/mol. The predicted molar refractivity (Wildman–Crippen MR) is 156 cm³/mol. The number of carbonyl (C=O) groups is 2. The van der Waals surface area contributed by atoms with Gasteiger partial charge in [-0.2, -0.15) is 0 Å². The highest BCUT2D eigenvalue weighted by atomic mass is 16.5. The van der Waals surface area contributed by atoms with E-state index in [1.807, 2.05) is 54.6 Å². The van der Waals surface area contributed by atoms with Gasteiger partial charge in [-0.1, -0.05) is 42.5 Å². The molecule has 2 aliphatic rings. The van der Waals surface area contributed by atoms with Crippen LogP contribution >= 0.6 is 0 Å². The van der Waals surface area contributed by atoms with E-state index in [2.05, 4.69) is 34.5 Å². The first-order valence-electron chi connectivity index (χ1n) is 13.7. The molecule has 0 atom stereocenters. The van der Waals surface area contributed by atoms with E-state index in [-0.39, 0.29) is 24.5 Å². The molecule has 4 aromatic rings. The Labute approximate surface area is 233 Å². The van der Waals surface area contributed by atoms with Crippen LogP contribution in [0, 0.1) is 0 Å². The molecule has 0 aliphatic carbocycles. The van der Waals surface area contributed by atoms with Gasteiger partial charge in [0.05, 0.1) is 25.5 Å². The van der Waals surface area contributed by atoms with Crippen LogP contribution in [0.25, 0.3) is 22.4 Å². The number of pyridine rings is 1. The summed E-state index contributed by atoms with van der Waals surface area (Å²) >= 11 is 0. The molecule has 6 rings (SSSR count). The maximum Gasteiger partial charge on any atom is 0.225 e. The van der Waals surface area contributed by atoms with E-state index in [1.54, 1.807) is 6.07 Å². The van der Waals surface area contributed by atoms with Gasteiger partial charge in [0.1, 0.15) is 11.6 Å². The minimum absolute atomic E-state index is 0.0584. The van der Waals surface area contributed by atoms with Crippen molar-refractivity contribution in [2.75, 3.05) is 43.1 Å². The number of amides is 1. The number of Topliss-reactive ketones (excluding diaryl/α,β-unsaturated/α-hetero) is 1. The Bertz CT molecular complexity index is 1510. The summed E-state index contributed by atoms with van der Waals surface area (Å²) in [4.78, 5) is 32.7. The Balaban J connectivity index is 1.19. The first kappa shape index (κ1) is 25.8. The van der Waals surface area contributed by atoms with E-state index in [0.29, 0.717) is 18.0 Å². The van der Waals surface area contributed by atoms with Gasteiger partial charge < -0.3 is 19.7 Å². The summed E-state index contributed by atoms with van der Waals surface area (Å²) in [7, 11) is 0. The lowest BCUT2D eigenvalue weighted by atomic mass is 10.0. The maximum atomic E-state index is 12.9. The van der Waals surface area contributed by atoms with Crippen molar-refractivity contribution in [3.8, 4) is 28.1 Å². The Morgan fingerprint density at radius 1 is 0.800 bits per heavy atom. The lowest BCUT2D eigenvalue weighted by Crippen LogP contribution is -2.36. The summed E-state index contributed by atoms with van der Waals surface area (Å²) in [6.45, 7) is 3.88. The highest BCUT2D eigenvalue weighted by molar-refractivity contribution is 6.00. The fraction of sp³-hybridized carbons (Fsp3) is 0.242. The number of rotatable bonds is 8. The van der Waals surface area contributed by atoms with Gasteiger partial charge in [-0.05, 0) is 59.2 Å². The van der Waals surface area contributed by atoms with Crippen molar-refractivity contribution < 1.29 is 19.1 Å². The zero-order valence-corrected chi connectivity index (χ0v) is 22.3. The number of anilines is 2. The van der Waals surface area contributed by atoms with Crippen LogP contribution in [0.5, 0.6) is 5.75 Å². The third-order valence-electron chi connectivity index (χ3n) is 7.33. The van der Waals surface area contributed by atoms with E-state index >= 15 is 0 Å². The lowest BCUT2D eigenvalue weighted by molar-refractivity contribution is -0.116. The fourth-order valence-corrected chi connectivity index (χ4v) is 5.14. The van der Waals surface area contributed by atoms with Gasteiger partial charge >= 0.3 is 0 Å². The average Bonchev–Trinajstić information content (AvgIpc) is 3.49. The fourth-order valence-electron chi connectivity index (χ4n) is 5.14. The SMILES string of the molecule is O=C(CCC(=O)c1ccc2c(c1)CCO2)Nc1cc(-c2ccc(N3CCOCC3)cc2)cc(-c2ccccc2)n1. The molecule has 2 aliphatic heterocycles. The van der Waals surface area contributed by atoms with Gasteiger partial charge in [0.15, 0.2) is 5.78 Å². The minimum atomic E-state index is -0.246. The van der Waals surface area contributed by atoms with Crippen LogP contribution in [0.1, 0.15) is 28.8 Å². The molecule has 7 nitrogen and oxygen atoms in total. The van der Waals surface area contributed by atoms with Crippen LogP contribution in [0.4, 0.5) is 11.5 Å². The monoisotopic (exact) mass is 533 g/mol. The van der Waals surface area contributed by atoms with Crippen molar-refractivity contribution in [2.45, 2.75) is 19.3 Å². The molecular formula is C33H31N3O4. The van der Waals surface area contributed by atoms with Crippen molar-refractivity contribution in [3.63, 3.8) is 0 Å². The first-order valence-corrected chi connectivity index (χ1v) is 13.7. The number of benzene rings is 3. The molecule has 0 radical (unpaired) electrons. The minimum Gasteiger partial charge on any atom is -0.493 e. The number of hydrogen-bond donors (Lipinski definition) is 1. The van der Waals surface area contributed by atoms with E-state index < -0.39 is 0 Å². The summed E-state index contributed by atoms with van der Waals surface area (Å²) in [6.07, 6.45) is 1.01. The van der Waals surface area contributed by atoms with Crippen molar-refractivity contribution in [3.05, 3.63) is 96.1 Å². The largest absolute Gasteiger partial charge is 0.493 e. The number of carbonyl (C=O) groups excluding carboxylic acids is 2. The van der Waals surface area contributed by atoms with Gasteiger partial charge in [-0.3, -0.25) is 9.59 Å². The van der Waals surface area contributed by atoms with Crippen molar-refractivity contribution in [2.24, 2.45) is 0 Å². The van der Waals surface area contributed by atoms with E-state index in [0.717, 1.165) is 66.4 Å². The smallest absolute Gasteiger partial charge is 0.225 e. The van der Waals surface area contributed by atoms with Gasteiger partial charge in [0.2, 0.25) is 5.91 Å². The molecule has 0 spiro atoms. The predicted octanol–water partition coefficient (Wildman–Crippen LogP) is 5.79. The zero-order chi connectivity index (χ0) is 27.3. The number of ether oxygens (including phenoxy) is 2. The quantitative estimate of drug-likeness (QED) is 0.289. The standard InChI is InChI=1S/C33H31N3O4/c37-30(25-8-12-31-26(20-25)14-17-40-31)11-13-33(38)35-32-22-27(21-29(34-32)24-4-2-1-3-5-24)23-6-9-28(10-7-23)36-15-18-39-19-16-36/h1-10,12,20-22H,11,13-19H2,(H,34,35,38). The Hall–Kier alpha value is -4.49. The van der Waals surface area contributed by atoms with E-state index in [1.165, 1.54) is 5.69 Å². The highest BCUT2D eigenvalue weighted by Crippen LogP contribution is 2.30. The Morgan fingerprint density at radius 3 is 2.40 bits per heavy atom. The Morgan fingerprint density at radius 2 is 1.60 bits per heavy atom. The second kappa shape index (κ2) is 11.7. The number of aromatic nitrogens is 1. The summed E-state index contributed by atoms with van der Waals surface area (Å²) in [5, 5.41) is 2.93. The number of nitrogens with zero attached hydrogens (tertiary/aromatic N) is 2. The van der Waals surface area contributed by atoms with Crippen molar-refractivity contribution >= 4 is 23.2 Å². The molecule has 7 heteroatoms. The molecule has 3 aromatic carbocycles. The normalized spacial score (nSPS) is 14.3. The number of nitrogens with one attached hydrogen (secondary N) is 1. The van der Waals surface area contributed by atoms with Crippen LogP contribution < -0.4 is 15.0 Å².